The first-order valence-corrected chi connectivity index (χ1v) is 11.5. The summed E-state index contributed by atoms with van der Waals surface area (Å²) in [5, 5.41) is 5.67. The SMILES string of the molecule is [C-]#[N+]COc1ccc(Nc2nc(Nc3ccc(C)c(S(=O)(=O)NC(=O)CC)c3)ncc2F)cc1. The predicted octanol–water partition coefficient (Wildman–Crippen LogP) is 3.88. The van der Waals surface area contributed by atoms with Crippen LogP contribution in [0.25, 0.3) is 4.85 Å². The minimum absolute atomic E-state index is 0.0192. The summed E-state index contributed by atoms with van der Waals surface area (Å²) < 4.78 is 46.5. The fraction of sp³-hybridized carbons (Fsp3) is 0.182. The van der Waals surface area contributed by atoms with E-state index in [1.807, 2.05) is 4.72 Å². The fourth-order valence-corrected chi connectivity index (χ4v) is 4.09. The van der Waals surface area contributed by atoms with Crippen molar-refractivity contribution in [3.8, 4) is 5.75 Å². The van der Waals surface area contributed by atoms with Gasteiger partial charge >= 0.3 is 6.73 Å². The topological polar surface area (TPSA) is 127 Å². The number of nitrogens with zero attached hydrogens (tertiary/aromatic N) is 3. The first kappa shape index (κ1) is 24.4. The zero-order valence-corrected chi connectivity index (χ0v) is 19.1. The number of halogens is 1. The molecule has 0 aliphatic heterocycles. The van der Waals surface area contributed by atoms with Gasteiger partial charge < -0.3 is 15.4 Å². The van der Waals surface area contributed by atoms with Crippen molar-refractivity contribution in [2.75, 3.05) is 17.4 Å². The third-order valence-electron chi connectivity index (χ3n) is 4.46. The van der Waals surface area contributed by atoms with Gasteiger partial charge in [-0.25, -0.2) is 29.1 Å². The lowest BCUT2D eigenvalue weighted by molar-refractivity contribution is -0.119. The molecule has 1 heterocycles. The number of nitrogens with one attached hydrogen (secondary N) is 3. The molecule has 0 saturated heterocycles. The Bertz CT molecular complexity index is 1340. The van der Waals surface area contributed by atoms with Gasteiger partial charge in [-0.05, 0) is 48.9 Å². The quantitative estimate of drug-likeness (QED) is 0.391. The number of benzene rings is 2. The second kappa shape index (κ2) is 10.6. The normalized spacial score (nSPS) is 10.8. The smallest absolute Gasteiger partial charge is 0.357 e. The summed E-state index contributed by atoms with van der Waals surface area (Å²) in [5.74, 6) is -0.921. The highest BCUT2D eigenvalue weighted by molar-refractivity contribution is 7.90. The molecule has 0 spiro atoms. The molecule has 0 unspecified atom stereocenters. The summed E-state index contributed by atoms with van der Waals surface area (Å²) in [5.41, 5.74) is 1.29. The number of rotatable bonds is 9. The van der Waals surface area contributed by atoms with Crippen molar-refractivity contribution < 1.29 is 22.3 Å². The maximum atomic E-state index is 14.3. The van der Waals surface area contributed by atoms with Gasteiger partial charge in [-0.3, -0.25) is 9.64 Å². The molecule has 176 valence electrons. The average Bonchev–Trinajstić information content (AvgIpc) is 2.81. The highest BCUT2D eigenvalue weighted by Crippen LogP contribution is 2.25. The second-order valence-electron chi connectivity index (χ2n) is 6.96. The second-order valence-corrected chi connectivity index (χ2v) is 8.61. The Morgan fingerprint density at radius 3 is 2.53 bits per heavy atom. The first-order valence-electron chi connectivity index (χ1n) is 10.0. The summed E-state index contributed by atoms with van der Waals surface area (Å²) >= 11 is 0. The molecule has 0 radical (unpaired) electrons. The summed E-state index contributed by atoms with van der Waals surface area (Å²) in [4.78, 5) is 22.6. The van der Waals surface area contributed by atoms with Gasteiger partial charge in [0.1, 0.15) is 5.75 Å². The van der Waals surface area contributed by atoms with E-state index < -0.39 is 21.7 Å². The molecule has 0 fully saturated rings. The number of sulfonamides is 1. The standard InChI is InChI=1S/C22H21FN6O4S/c1-4-20(30)29-34(31,32)19-11-16(6-5-14(19)2)27-22-25-12-18(23)21(28-22)26-15-7-9-17(10-8-15)33-13-24-3/h5-12H,4,13H2,1-2H3,(H,29,30)(H2,25,26,27,28). The largest absolute Gasteiger partial charge is 0.426 e. The molecule has 1 aromatic heterocycles. The number of hydrogen-bond acceptors (Lipinski definition) is 8. The summed E-state index contributed by atoms with van der Waals surface area (Å²) in [6, 6.07) is 11.0. The molecule has 2 aromatic carbocycles. The Balaban J connectivity index is 1.80. The summed E-state index contributed by atoms with van der Waals surface area (Å²) in [6.45, 7) is 9.78. The Morgan fingerprint density at radius 2 is 1.85 bits per heavy atom. The molecule has 1 amide bonds. The summed E-state index contributed by atoms with van der Waals surface area (Å²) in [7, 11) is -4.06. The molecular weight excluding hydrogens is 463 g/mol. The Kier molecular flexibility index (Phi) is 7.60. The number of aromatic nitrogens is 2. The third-order valence-corrected chi connectivity index (χ3v) is 5.98. The van der Waals surface area contributed by atoms with E-state index >= 15 is 0 Å². The number of hydrogen-bond donors (Lipinski definition) is 3. The highest BCUT2D eigenvalue weighted by Gasteiger charge is 2.20. The predicted molar refractivity (Wildman–Crippen MR) is 124 cm³/mol. The molecule has 3 aromatic rings. The van der Waals surface area contributed by atoms with Crippen LogP contribution in [-0.4, -0.2) is 31.0 Å². The van der Waals surface area contributed by atoms with Crippen molar-refractivity contribution in [2.24, 2.45) is 0 Å². The van der Waals surface area contributed by atoms with Gasteiger partial charge in [-0.2, -0.15) is 4.98 Å². The van der Waals surface area contributed by atoms with Crippen LogP contribution in [0.15, 0.2) is 53.6 Å². The lowest BCUT2D eigenvalue weighted by Crippen LogP contribution is -2.30. The van der Waals surface area contributed by atoms with Crippen molar-refractivity contribution in [3.63, 3.8) is 0 Å². The maximum Gasteiger partial charge on any atom is 0.357 e. The van der Waals surface area contributed by atoms with Gasteiger partial charge in [-0.1, -0.05) is 13.0 Å². The number of amides is 1. The first-order chi connectivity index (χ1) is 16.2. The Hall–Kier alpha value is -4.24. The van der Waals surface area contributed by atoms with Crippen LogP contribution in [0.5, 0.6) is 5.75 Å². The molecule has 12 heteroatoms. The van der Waals surface area contributed by atoms with Gasteiger partial charge in [0.05, 0.1) is 11.1 Å². The van der Waals surface area contributed by atoms with Crippen molar-refractivity contribution >= 4 is 39.1 Å². The van der Waals surface area contributed by atoms with Gasteiger partial charge in [0.15, 0.2) is 11.6 Å². The number of anilines is 4. The zero-order chi connectivity index (χ0) is 24.7. The van der Waals surface area contributed by atoms with Crippen molar-refractivity contribution in [1.29, 1.82) is 0 Å². The molecule has 0 saturated carbocycles. The van der Waals surface area contributed by atoms with E-state index in [9.17, 15) is 17.6 Å². The van der Waals surface area contributed by atoms with Crippen LogP contribution in [0.3, 0.4) is 0 Å². The molecule has 34 heavy (non-hydrogen) atoms. The van der Waals surface area contributed by atoms with Gasteiger partial charge in [-0.15, -0.1) is 0 Å². The van der Waals surface area contributed by atoms with Crippen molar-refractivity contribution in [2.45, 2.75) is 25.2 Å². The molecule has 0 atom stereocenters. The van der Waals surface area contributed by atoms with Gasteiger partial charge in [0.2, 0.25) is 11.9 Å². The van der Waals surface area contributed by atoms with Crippen LogP contribution in [0.1, 0.15) is 18.9 Å². The van der Waals surface area contributed by atoms with Crippen molar-refractivity contribution in [1.82, 2.24) is 14.7 Å². The lowest BCUT2D eigenvalue weighted by atomic mass is 10.2. The minimum Gasteiger partial charge on any atom is -0.426 e. The Morgan fingerprint density at radius 1 is 1.15 bits per heavy atom. The molecular formula is C22H21FN6O4S. The monoisotopic (exact) mass is 484 g/mol. The van der Waals surface area contributed by atoms with Crippen LogP contribution in [0, 0.1) is 19.3 Å². The van der Waals surface area contributed by atoms with Crippen LogP contribution < -0.4 is 20.1 Å². The molecule has 10 nitrogen and oxygen atoms in total. The molecule has 3 rings (SSSR count). The van der Waals surface area contributed by atoms with E-state index in [4.69, 9.17) is 11.3 Å². The van der Waals surface area contributed by atoms with E-state index in [1.54, 1.807) is 50.2 Å². The molecule has 0 aliphatic carbocycles. The van der Waals surface area contributed by atoms with Crippen LogP contribution >= 0.6 is 0 Å². The van der Waals surface area contributed by atoms with Crippen LogP contribution in [0.2, 0.25) is 0 Å². The van der Waals surface area contributed by atoms with Gasteiger partial charge in [0, 0.05) is 17.8 Å². The highest BCUT2D eigenvalue weighted by atomic mass is 32.2. The van der Waals surface area contributed by atoms with E-state index in [2.05, 4.69) is 25.4 Å². The molecule has 0 bridgehead atoms. The lowest BCUT2D eigenvalue weighted by Gasteiger charge is -2.12. The molecule has 0 aliphatic rings. The number of carbonyl (C=O) groups is 1. The van der Waals surface area contributed by atoms with E-state index in [0.717, 1.165) is 6.20 Å². The summed E-state index contributed by atoms with van der Waals surface area (Å²) in [6.07, 6.45) is 0.990. The van der Waals surface area contributed by atoms with Crippen molar-refractivity contribution in [3.05, 3.63) is 71.5 Å². The van der Waals surface area contributed by atoms with Crippen LogP contribution in [-0.2, 0) is 14.8 Å². The number of ether oxygens (including phenoxy) is 1. The maximum absolute atomic E-state index is 14.3. The van der Waals surface area contributed by atoms with Crippen LogP contribution in [0.4, 0.5) is 27.5 Å². The zero-order valence-electron chi connectivity index (χ0n) is 18.3. The Labute approximate surface area is 196 Å². The molecule has 3 N–H and O–H groups in total. The van der Waals surface area contributed by atoms with E-state index in [-0.39, 0.29) is 29.8 Å². The van der Waals surface area contributed by atoms with Gasteiger partial charge in [0.25, 0.3) is 10.0 Å². The fourth-order valence-electron chi connectivity index (χ4n) is 2.77. The number of carbonyl (C=O) groups excluding carboxylic acids is 1. The minimum atomic E-state index is -4.06. The average molecular weight is 485 g/mol. The number of aryl methyl sites for hydroxylation is 1. The third kappa shape index (κ3) is 6.17. The van der Waals surface area contributed by atoms with E-state index in [1.165, 1.54) is 6.07 Å². The van der Waals surface area contributed by atoms with E-state index in [0.29, 0.717) is 22.7 Å².